The van der Waals surface area contributed by atoms with Crippen molar-refractivity contribution in [3.8, 4) is 17.1 Å². The Bertz CT molecular complexity index is 833. The van der Waals surface area contributed by atoms with Crippen molar-refractivity contribution >= 4 is 5.91 Å². The minimum atomic E-state index is -2.93. The van der Waals surface area contributed by atoms with Crippen LogP contribution in [0.15, 0.2) is 28.8 Å². The van der Waals surface area contributed by atoms with Gasteiger partial charge in [-0.25, -0.2) is 0 Å². The summed E-state index contributed by atoms with van der Waals surface area (Å²) in [7, 11) is 0. The van der Waals surface area contributed by atoms with Crippen LogP contribution in [-0.2, 0) is 16.1 Å². The van der Waals surface area contributed by atoms with Crippen LogP contribution in [0.4, 0.5) is 8.78 Å². The molecule has 2 saturated heterocycles. The Morgan fingerprint density at radius 2 is 2.03 bits per heavy atom. The van der Waals surface area contributed by atoms with Crippen LogP contribution in [0.1, 0.15) is 18.7 Å². The van der Waals surface area contributed by atoms with Crippen molar-refractivity contribution in [3.05, 3.63) is 30.2 Å². The highest BCUT2D eigenvalue weighted by Crippen LogP contribution is 2.29. The average molecular weight is 408 g/mol. The van der Waals surface area contributed by atoms with Crippen molar-refractivity contribution in [1.82, 2.24) is 19.9 Å². The largest absolute Gasteiger partial charge is 0.434 e. The van der Waals surface area contributed by atoms with Crippen molar-refractivity contribution in [2.45, 2.75) is 32.1 Å². The zero-order valence-electron chi connectivity index (χ0n) is 15.8. The van der Waals surface area contributed by atoms with Gasteiger partial charge in [0.05, 0.1) is 12.1 Å². The molecule has 156 valence electrons. The van der Waals surface area contributed by atoms with Gasteiger partial charge >= 0.3 is 6.61 Å². The van der Waals surface area contributed by atoms with Crippen molar-refractivity contribution in [2.75, 3.05) is 32.8 Å². The summed E-state index contributed by atoms with van der Waals surface area (Å²) >= 11 is 0. The third kappa shape index (κ3) is 4.70. The number of rotatable bonds is 6. The van der Waals surface area contributed by atoms with E-state index in [9.17, 15) is 13.6 Å². The molecule has 0 aliphatic carbocycles. The fourth-order valence-electron chi connectivity index (χ4n) is 3.57. The lowest BCUT2D eigenvalue weighted by Crippen LogP contribution is -2.51. The van der Waals surface area contributed by atoms with Gasteiger partial charge in [0.2, 0.25) is 11.7 Å². The van der Waals surface area contributed by atoms with Gasteiger partial charge in [0.1, 0.15) is 11.9 Å². The highest BCUT2D eigenvalue weighted by molar-refractivity contribution is 5.81. The summed E-state index contributed by atoms with van der Waals surface area (Å²) in [6, 6.07) is 6.32. The molecule has 2 fully saturated rings. The highest BCUT2D eigenvalue weighted by atomic mass is 19.3. The fraction of sp³-hybridized carbons (Fsp3) is 0.526. The number of carbonyl (C=O) groups excluding carboxylic acids is 1. The zero-order chi connectivity index (χ0) is 20.2. The number of benzene rings is 1. The first-order valence-corrected chi connectivity index (χ1v) is 9.59. The molecule has 1 amide bonds. The van der Waals surface area contributed by atoms with E-state index < -0.39 is 6.61 Å². The topological polar surface area (TPSA) is 80.9 Å². The number of amides is 1. The molecule has 3 heterocycles. The molecule has 2 aliphatic rings. The molecular formula is C19H22F2N4O4. The van der Waals surface area contributed by atoms with E-state index in [1.54, 1.807) is 18.2 Å². The van der Waals surface area contributed by atoms with E-state index in [1.165, 1.54) is 6.07 Å². The molecule has 2 aliphatic heterocycles. The number of hydrogen-bond donors (Lipinski definition) is 0. The third-order valence-electron chi connectivity index (χ3n) is 5.06. The average Bonchev–Trinajstić information content (AvgIpc) is 3.40. The van der Waals surface area contributed by atoms with Gasteiger partial charge in [-0.15, -0.1) is 0 Å². The van der Waals surface area contributed by atoms with Gasteiger partial charge in [-0.2, -0.15) is 13.8 Å². The molecule has 1 aromatic heterocycles. The summed E-state index contributed by atoms with van der Waals surface area (Å²) in [5.74, 6) is 0.642. The van der Waals surface area contributed by atoms with Crippen molar-refractivity contribution in [1.29, 1.82) is 0 Å². The second kappa shape index (κ2) is 8.83. The predicted molar refractivity (Wildman–Crippen MR) is 97.2 cm³/mol. The van der Waals surface area contributed by atoms with Gasteiger partial charge in [-0.05, 0) is 25.0 Å². The Labute approximate surface area is 166 Å². The maximum absolute atomic E-state index is 12.6. The van der Waals surface area contributed by atoms with Crippen molar-refractivity contribution in [3.63, 3.8) is 0 Å². The van der Waals surface area contributed by atoms with Gasteiger partial charge in [0.15, 0.2) is 0 Å². The molecule has 0 bridgehead atoms. The van der Waals surface area contributed by atoms with E-state index >= 15 is 0 Å². The summed E-state index contributed by atoms with van der Waals surface area (Å²) in [5.41, 5.74) is 0.342. The molecule has 0 saturated carbocycles. The number of halogens is 2. The molecular weight excluding hydrogens is 386 g/mol. The molecule has 1 unspecified atom stereocenters. The molecule has 29 heavy (non-hydrogen) atoms. The second-order valence-corrected chi connectivity index (χ2v) is 6.99. The van der Waals surface area contributed by atoms with E-state index in [4.69, 9.17) is 9.26 Å². The molecule has 1 atom stereocenters. The van der Waals surface area contributed by atoms with Gasteiger partial charge < -0.3 is 18.9 Å². The zero-order valence-corrected chi connectivity index (χ0v) is 15.8. The number of para-hydroxylation sites is 1. The maximum atomic E-state index is 12.6. The molecule has 0 spiro atoms. The first-order valence-electron chi connectivity index (χ1n) is 9.59. The van der Waals surface area contributed by atoms with E-state index in [1.807, 2.05) is 4.90 Å². The number of nitrogens with zero attached hydrogens (tertiary/aromatic N) is 4. The summed E-state index contributed by atoms with van der Waals surface area (Å²) in [6.07, 6.45) is 1.43. The summed E-state index contributed by atoms with van der Waals surface area (Å²) in [4.78, 5) is 20.7. The quantitative estimate of drug-likeness (QED) is 0.725. The highest BCUT2D eigenvalue weighted by Gasteiger charge is 2.30. The number of hydrogen-bond acceptors (Lipinski definition) is 7. The second-order valence-electron chi connectivity index (χ2n) is 6.99. The normalized spacial score (nSPS) is 20.4. The third-order valence-corrected chi connectivity index (χ3v) is 5.06. The SMILES string of the molecule is O=C(C1CCCO1)N1CCN(Cc2nc(-c3ccccc3OC(F)F)no2)CC1. The van der Waals surface area contributed by atoms with Crippen LogP contribution in [0.25, 0.3) is 11.4 Å². The lowest BCUT2D eigenvalue weighted by atomic mass is 10.2. The van der Waals surface area contributed by atoms with Crippen LogP contribution in [0, 0.1) is 0 Å². The Morgan fingerprint density at radius 3 is 2.76 bits per heavy atom. The van der Waals surface area contributed by atoms with Crippen molar-refractivity contribution in [2.24, 2.45) is 0 Å². The molecule has 8 nitrogen and oxygen atoms in total. The molecule has 1 aromatic carbocycles. The number of carbonyl (C=O) groups is 1. The van der Waals surface area contributed by atoms with Gasteiger partial charge in [-0.3, -0.25) is 9.69 Å². The minimum Gasteiger partial charge on any atom is -0.434 e. The van der Waals surface area contributed by atoms with Crippen LogP contribution in [-0.4, -0.2) is 71.3 Å². The summed E-state index contributed by atoms with van der Waals surface area (Å²) in [5, 5.41) is 3.90. The van der Waals surface area contributed by atoms with Crippen LogP contribution < -0.4 is 4.74 Å². The smallest absolute Gasteiger partial charge is 0.387 e. The van der Waals surface area contributed by atoms with E-state index in [0.29, 0.717) is 50.8 Å². The van der Waals surface area contributed by atoms with Gasteiger partial charge in [0.25, 0.3) is 5.91 Å². The van der Waals surface area contributed by atoms with Crippen LogP contribution in [0.2, 0.25) is 0 Å². The van der Waals surface area contributed by atoms with Crippen molar-refractivity contribution < 1.29 is 27.6 Å². The monoisotopic (exact) mass is 408 g/mol. The van der Waals surface area contributed by atoms with E-state index in [-0.39, 0.29) is 23.6 Å². The lowest BCUT2D eigenvalue weighted by molar-refractivity contribution is -0.142. The molecule has 4 rings (SSSR count). The van der Waals surface area contributed by atoms with Gasteiger partial charge in [-0.1, -0.05) is 17.3 Å². The Balaban J connectivity index is 1.34. The summed E-state index contributed by atoms with van der Waals surface area (Å²) in [6.45, 7) is 0.739. The fourth-order valence-corrected chi connectivity index (χ4v) is 3.57. The van der Waals surface area contributed by atoms with E-state index in [2.05, 4.69) is 19.8 Å². The number of aromatic nitrogens is 2. The molecule has 10 heteroatoms. The lowest BCUT2D eigenvalue weighted by Gasteiger charge is -2.35. The Morgan fingerprint density at radius 1 is 1.24 bits per heavy atom. The Hall–Kier alpha value is -2.59. The number of ether oxygens (including phenoxy) is 2. The van der Waals surface area contributed by atoms with Crippen LogP contribution in [0.3, 0.4) is 0 Å². The van der Waals surface area contributed by atoms with Crippen LogP contribution >= 0.6 is 0 Å². The first-order chi connectivity index (χ1) is 14.1. The standard InChI is InChI=1S/C19H22F2N4O4/c20-19(21)28-14-5-2-1-4-13(14)17-22-16(29-23-17)12-24-7-9-25(10-8-24)18(26)15-6-3-11-27-15/h1-2,4-5,15,19H,3,6-12H2. The molecule has 0 radical (unpaired) electrons. The van der Waals surface area contributed by atoms with Gasteiger partial charge in [0, 0.05) is 32.8 Å². The Kier molecular flexibility index (Phi) is 6.00. The number of alkyl halides is 2. The molecule has 0 N–H and O–H groups in total. The number of piperazine rings is 1. The summed E-state index contributed by atoms with van der Waals surface area (Å²) < 4.78 is 40.5. The predicted octanol–water partition coefficient (Wildman–Crippen LogP) is 2.16. The maximum Gasteiger partial charge on any atom is 0.387 e. The van der Waals surface area contributed by atoms with E-state index in [0.717, 1.165) is 12.8 Å². The van der Waals surface area contributed by atoms with Crippen LogP contribution in [0.5, 0.6) is 5.75 Å². The first kappa shape index (κ1) is 19.7. The minimum absolute atomic E-state index is 0.00360. The molecule has 2 aromatic rings.